The van der Waals surface area contributed by atoms with Crippen LogP contribution in [0.4, 0.5) is 11.5 Å². The van der Waals surface area contributed by atoms with Gasteiger partial charge in [0.25, 0.3) is 5.91 Å². The van der Waals surface area contributed by atoms with E-state index in [1.807, 2.05) is 0 Å². The lowest BCUT2D eigenvalue weighted by Crippen LogP contribution is -2.15. The lowest BCUT2D eigenvalue weighted by atomic mass is 10.2. The Morgan fingerprint density at radius 3 is 2.63 bits per heavy atom. The van der Waals surface area contributed by atoms with Gasteiger partial charge in [-0.25, -0.2) is 0 Å². The van der Waals surface area contributed by atoms with Crippen LogP contribution < -0.4 is 10.6 Å². The van der Waals surface area contributed by atoms with Crippen molar-refractivity contribution in [2.45, 2.75) is 6.92 Å². The second-order valence-electron chi connectivity index (χ2n) is 4.06. The molecule has 2 rings (SSSR count). The number of nitrogens with zero attached hydrogens (tertiary/aromatic N) is 2. The molecule has 1 aromatic heterocycles. The van der Waals surface area contributed by atoms with Crippen LogP contribution >= 0.6 is 0 Å². The number of rotatable bonds is 3. The highest BCUT2D eigenvalue weighted by Gasteiger charge is 2.09. The third-order valence-electron chi connectivity index (χ3n) is 2.51. The number of nitrogens with one attached hydrogen (secondary N) is 2. The number of hydrogen-bond acceptors (Lipinski definition) is 3. The van der Waals surface area contributed by atoms with Crippen molar-refractivity contribution in [3.8, 4) is 0 Å². The van der Waals surface area contributed by atoms with Gasteiger partial charge in [0, 0.05) is 31.3 Å². The van der Waals surface area contributed by atoms with E-state index in [4.69, 9.17) is 0 Å². The molecule has 2 N–H and O–H groups in total. The van der Waals surface area contributed by atoms with Crippen molar-refractivity contribution >= 4 is 23.3 Å². The number of benzene rings is 1. The molecule has 2 amide bonds. The molecule has 98 valence electrons. The molecule has 6 heteroatoms. The summed E-state index contributed by atoms with van der Waals surface area (Å²) in [6.45, 7) is 1.42. The Morgan fingerprint density at radius 1 is 1.21 bits per heavy atom. The second-order valence-corrected chi connectivity index (χ2v) is 4.06. The largest absolute Gasteiger partial charge is 0.326 e. The molecular weight excluding hydrogens is 244 g/mol. The van der Waals surface area contributed by atoms with Gasteiger partial charge in [0.15, 0.2) is 0 Å². The topological polar surface area (TPSA) is 76.0 Å². The molecule has 0 saturated carbocycles. The number of carbonyl (C=O) groups is 2. The standard InChI is InChI=1S/C13H14N4O2/c1-9(18)15-11-5-3-4-10(8-11)13(19)16-12-6-7-14-17(12)2/h3-8H,1-2H3,(H,15,18)(H,16,19). The zero-order chi connectivity index (χ0) is 13.8. The second kappa shape index (κ2) is 5.34. The van der Waals surface area contributed by atoms with E-state index >= 15 is 0 Å². The van der Waals surface area contributed by atoms with E-state index in [-0.39, 0.29) is 11.8 Å². The predicted molar refractivity (Wildman–Crippen MR) is 71.9 cm³/mol. The zero-order valence-corrected chi connectivity index (χ0v) is 10.7. The molecule has 19 heavy (non-hydrogen) atoms. The van der Waals surface area contributed by atoms with Gasteiger partial charge in [-0.2, -0.15) is 5.10 Å². The van der Waals surface area contributed by atoms with Gasteiger partial charge in [-0.3, -0.25) is 14.3 Å². The van der Waals surface area contributed by atoms with E-state index < -0.39 is 0 Å². The molecule has 6 nitrogen and oxygen atoms in total. The minimum atomic E-state index is -0.254. The highest BCUT2D eigenvalue weighted by molar-refractivity contribution is 6.04. The number of anilines is 2. The van der Waals surface area contributed by atoms with Crippen molar-refractivity contribution in [2.24, 2.45) is 7.05 Å². The minimum absolute atomic E-state index is 0.177. The molecule has 0 spiro atoms. The Hall–Kier alpha value is -2.63. The number of amides is 2. The lowest BCUT2D eigenvalue weighted by molar-refractivity contribution is -0.114. The first-order valence-electron chi connectivity index (χ1n) is 5.73. The zero-order valence-electron chi connectivity index (χ0n) is 10.7. The number of aromatic nitrogens is 2. The third-order valence-corrected chi connectivity index (χ3v) is 2.51. The fraction of sp³-hybridized carbons (Fsp3) is 0.154. The molecule has 1 heterocycles. The molecule has 2 aromatic rings. The minimum Gasteiger partial charge on any atom is -0.326 e. The average Bonchev–Trinajstić information content (AvgIpc) is 2.74. The Kier molecular flexibility index (Phi) is 3.61. The summed E-state index contributed by atoms with van der Waals surface area (Å²) in [6, 6.07) is 8.44. The molecule has 0 aliphatic carbocycles. The quantitative estimate of drug-likeness (QED) is 0.878. The highest BCUT2D eigenvalue weighted by atomic mass is 16.2. The van der Waals surface area contributed by atoms with Crippen molar-refractivity contribution in [3.63, 3.8) is 0 Å². The number of hydrogen-bond donors (Lipinski definition) is 2. The van der Waals surface area contributed by atoms with Crippen molar-refractivity contribution < 1.29 is 9.59 Å². The maximum Gasteiger partial charge on any atom is 0.256 e. The Bertz CT molecular complexity index is 619. The smallest absolute Gasteiger partial charge is 0.256 e. The molecule has 0 radical (unpaired) electrons. The monoisotopic (exact) mass is 258 g/mol. The summed E-state index contributed by atoms with van der Waals surface area (Å²) in [4.78, 5) is 23.0. The van der Waals surface area contributed by atoms with Gasteiger partial charge in [0.1, 0.15) is 5.82 Å². The number of carbonyl (C=O) groups excluding carboxylic acids is 2. The van der Waals surface area contributed by atoms with Gasteiger partial charge in [-0.05, 0) is 18.2 Å². The summed E-state index contributed by atoms with van der Waals surface area (Å²) in [5, 5.41) is 9.33. The SMILES string of the molecule is CC(=O)Nc1cccc(C(=O)Nc2ccnn2C)c1. The van der Waals surface area contributed by atoms with Crippen LogP contribution in [0.3, 0.4) is 0 Å². The van der Waals surface area contributed by atoms with Crippen LogP contribution in [0.5, 0.6) is 0 Å². The fourth-order valence-corrected chi connectivity index (χ4v) is 1.63. The summed E-state index contributed by atoms with van der Waals surface area (Å²) in [5.74, 6) is 0.176. The van der Waals surface area contributed by atoms with E-state index in [0.717, 1.165) is 0 Å². The first-order valence-corrected chi connectivity index (χ1v) is 5.73. The summed E-state index contributed by atoms with van der Waals surface area (Å²) in [7, 11) is 1.74. The van der Waals surface area contributed by atoms with Gasteiger partial charge in [-0.15, -0.1) is 0 Å². The van der Waals surface area contributed by atoms with Gasteiger partial charge in [0.05, 0.1) is 6.20 Å². The van der Waals surface area contributed by atoms with E-state index in [1.165, 1.54) is 6.92 Å². The van der Waals surface area contributed by atoms with Crippen molar-refractivity contribution in [1.29, 1.82) is 0 Å². The van der Waals surface area contributed by atoms with E-state index in [1.54, 1.807) is 48.3 Å². The molecule has 0 atom stereocenters. The summed E-state index contributed by atoms with van der Waals surface area (Å²) >= 11 is 0. The van der Waals surface area contributed by atoms with Crippen LogP contribution in [0, 0.1) is 0 Å². The summed E-state index contributed by atoms with van der Waals surface area (Å²) in [6.07, 6.45) is 1.60. The van der Waals surface area contributed by atoms with E-state index in [9.17, 15) is 9.59 Å². The van der Waals surface area contributed by atoms with Crippen molar-refractivity contribution in [3.05, 3.63) is 42.1 Å². The maximum absolute atomic E-state index is 12.0. The van der Waals surface area contributed by atoms with Gasteiger partial charge in [-0.1, -0.05) is 6.07 Å². The summed E-state index contributed by atoms with van der Waals surface area (Å²) in [5.41, 5.74) is 1.05. The lowest BCUT2D eigenvalue weighted by Gasteiger charge is -2.07. The Labute approximate surface area is 110 Å². The molecule has 0 unspecified atom stereocenters. The molecule has 0 bridgehead atoms. The first-order chi connectivity index (χ1) is 9.06. The van der Waals surface area contributed by atoms with Crippen LogP contribution in [0.2, 0.25) is 0 Å². The van der Waals surface area contributed by atoms with Crippen LogP contribution in [-0.4, -0.2) is 21.6 Å². The molecule has 0 aliphatic rings. The molecular formula is C13H14N4O2. The van der Waals surface area contributed by atoms with Gasteiger partial charge in [0.2, 0.25) is 5.91 Å². The highest BCUT2D eigenvalue weighted by Crippen LogP contribution is 2.13. The van der Waals surface area contributed by atoms with Crippen LogP contribution in [0.25, 0.3) is 0 Å². The van der Waals surface area contributed by atoms with Crippen LogP contribution in [0.15, 0.2) is 36.5 Å². The fourth-order valence-electron chi connectivity index (χ4n) is 1.63. The van der Waals surface area contributed by atoms with Crippen LogP contribution in [-0.2, 0) is 11.8 Å². The average molecular weight is 258 g/mol. The van der Waals surface area contributed by atoms with Crippen molar-refractivity contribution in [1.82, 2.24) is 9.78 Å². The van der Waals surface area contributed by atoms with E-state index in [0.29, 0.717) is 17.1 Å². The predicted octanol–water partition coefficient (Wildman–Crippen LogP) is 1.63. The molecule has 0 saturated heterocycles. The van der Waals surface area contributed by atoms with Gasteiger partial charge >= 0.3 is 0 Å². The molecule has 0 aliphatic heterocycles. The van der Waals surface area contributed by atoms with E-state index in [2.05, 4.69) is 15.7 Å². The van der Waals surface area contributed by atoms with Crippen LogP contribution in [0.1, 0.15) is 17.3 Å². The normalized spacial score (nSPS) is 10.0. The first kappa shape index (κ1) is 12.8. The number of aryl methyl sites for hydroxylation is 1. The Balaban J connectivity index is 2.15. The maximum atomic E-state index is 12.0. The van der Waals surface area contributed by atoms with Crippen molar-refractivity contribution in [2.75, 3.05) is 10.6 Å². The molecule has 1 aromatic carbocycles. The molecule has 0 fully saturated rings. The Morgan fingerprint density at radius 2 is 2.00 bits per heavy atom. The third kappa shape index (κ3) is 3.19. The summed E-state index contributed by atoms with van der Waals surface area (Å²) < 4.78 is 1.57. The van der Waals surface area contributed by atoms with Gasteiger partial charge < -0.3 is 10.6 Å².